The number of nitrogens with one attached hydrogen (secondary N) is 1. The van der Waals surface area contributed by atoms with Crippen molar-refractivity contribution in [2.45, 2.75) is 32.0 Å². The van der Waals surface area contributed by atoms with Gasteiger partial charge in [0, 0.05) is 0 Å². The number of nitrogens with zero attached hydrogens (tertiary/aromatic N) is 3. The summed E-state index contributed by atoms with van der Waals surface area (Å²) in [4.78, 5) is 26.1. The highest BCUT2D eigenvalue weighted by molar-refractivity contribution is 5.85. The van der Waals surface area contributed by atoms with Crippen LogP contribution in [-0.2, 0) is 9.59 Å². The highest BCUT2D eigenvalue weighted by Gasteiger charge is 2.27. The van der Waals surface area contributed by atoms with Crippen molar-refractivity contribution in [2.75, 3.05) is 0 Å². The fourth-order valence-corrected chi connectivity index (χ4v) is 1.20. The van der Waals surface area contributed by atoms with E-state index in [4.69, 9.17) is 5.11 Å². The largest absolute Gasteiger partial charge is 0.480 e. The van der Waals surface area contributed by atoms with Crippen LogP contribution in [0, 0.1) is 0 Å². The molecular weight excluding hydrogens is 228 g/mol. The van der Waals surface area contributed by atoms with Crippen molar-refractivity contribution < 1.29 is 19.8 Å². The standard InChI is InChI=1S/C9H14N4O4/c1-5(13-4-10-3-11-13)8(15)12-7(6(2)14)9(16)17/h3-7,14H,1-2H3,(H,12,15)(H,16,17)/t5?,6-,7+/m1/s1. The van der Waals surface area contributed by atoms with E-state index in [0.717, 1.165) is 0 Å². The molecule has 3 N–H and O–H groups in total. The first kappa shape index (κ1) is 13.1. The Balaban J connectivity index is 2.68. The van der Waals surface area contributed by atoms with Gasteiger partial charge in [-0.2, -0.15) is 5.10 Å². The summed E-state index contributed by atoms with van der Waals surface area (Å²) in [6.45, 7) is 2.84. The van der Waals surface area contributed by atoms with Gasteiger partial charge in [-0.15, -0.1) is 0 Å². The van der Waals surface area contributed by atoms with E-state index in [9.17, 15) is 14.7 Å². The van der Waals surface area contributed by atoms with Crippen molar-refractivity contribution in [1.82, 2.24) is 20.1 Å². The SMILES string of the molecule is CC(C(=O)N[C@H](C(=O)O)[C@@H](C)O)n1cncn1. The number of aliphatic carboxylic acids is 1. The summed E-state index contributed by atoms with van der Waals surface area (Å²) in [5, 5.41) is 24.0. The van der Waals surface area contributed by atoms with Gasteiger partial charge in [-0.25, -0.2) is 14.5 Å². The monoisotopic (exact) mass is 242 g/mol. The highest BCUT2D eigenvalue weighted by atomic mass is 16.4. The van der Waals surface area contributed by atoms with Crippen molar-refractivity contribution >= 4 is 11.9 Å². The van der Waals surface area contributed by atoms with Crippen LogP contribution in [0.1, 0.15) is 19.9 Å². The van der Waals surface area contributed by atoms with Gasteiger partial charge in [0.25, 0.3) is 0 Å². The van der Waals surface area contributed by atoms with Crippen LogP contribution in [0.3, 0.4) is 0 Å². The Kier molecular flexibility index (Phi) is 4.16. The third kappa shape index (κ3) is 3.25. The van der Waals surface area contributed by atoms with Crippen LogP contribution in [0.25, 0.3) is 0 Å². The number of rotatable bonds is 5. The molecule has 0 aliphatic carbocycles. The summed E-state index contributed by atoms with van der Waals surface area (Å²) in [6.07, 6.45) is 1.44. The van der Waals surface area contributed by atoms with Crippen molar-refractivity contribution in [2.24, 2.45) is 0 Å². The molecule has 8 nitrogen and oxygen atoms in total. The minimum atomic E-state index is -1.34. The van der Waals surface area contributed by atoms with Gasteiger partial charge in [0.15, 0.2) is 6.04 Å². The van der Waals surface area contributed by atoms with E-state index < -0.39 is 30.1 Å². The number of carboxylic acid groups (broad SMARTS) is 1. The number of aromatic nitrogens is 3. The van der Waals surface area contributed by atoms with E-state index in [-0.39, 0.29) is 0 Å². The van der Waals surface area contributed by atoms with E-state index in [0.29, 0.717) is 0 Å². The van der Waals surface area contributed by atoms with Gasteiger partial charge >= 0.3 is 5.97 Å². The van der Waals surface area contributed by atoms with Gasteiger partial charge in [-0.3, -0.25) is 4.79 Å². The van der Waals surface area contributed by atoms with Crippen molar-refractivity contribution in [3.05, 3.63) is 12.7 Å². The van der Waals surface area contributed by atoms with Gasteiger partial charge in [0.2, 0.25) is 5.91 Å². The predicted octanol–water partition coefficient (Wildman–Crippen LogP) is -1.21. The molecule has 1 rings (SSSR count). The van der Waals surface area contributed by atoms with E-state index in [1.165, 1.54) is 24.3 Å². The normalized spacial score (nSPS) is 15.9. The first-order chi connectivity index (χ1) is 7.93. The van der Waals surface area contributed by atoms with E-state index in [1.807, 2.05) is 0 Å². The lowest BCUT2D eigenvalue weighted by molar-refractivity contribution is -0.145. The van der Waals surface area contributed by atoms with E-state index >= 15 is 0 Å². The number of carbonyl (C=O) groups is 2. The molecule has 0 aliphatic rings. The third-order valence-electron chi connectivity index (χ3n) is 2.26. The number of hydrogen-bond donors (Lipinski definition) is 3. The molecule has 0 aliphatic heterocycles. The van der Waals surface area contributed by atoms with Gasteiger partial charge < -0.3 is 15.5 Å². The molecular formula is C9H14N4O4. The van der Waals surface area contributed by atoms with Crippen molar-refractivity contribution in [1.29, 1.82) is 0 Å². The number of amides is 1. The Morgan fingerprint density at radius 2 is 2.06 bits per heavy atom. The lowest BCUT2D eigenvalue weighted by atomic mass is 10.1. The smallest absolute Gasteiger partial charge is 0.328 e. The van der Waals surface area contributed by atoms with Gasteiger partial charge in [0.1, 0.15) is 18.7 Å². The van der Waals surface area contributed by atoms with Crippen LogP contribution in [0.5, 0.6) is 0 Å². The van der Waals surface area contributed by atoms with Crippen LogP contribution >= 0.6 is 0 Å². The first-order valence-corrected chi connectivity index (χ1v) is 4.99. The van der Waals surface area contributed by atoms with E-state index in [1.54, 1.807) is 6.92 Å². The van der Waals surface area contributed by atoms with Crippen molar-refractivity contribution in [3.63, 3.8) is 0 Å². The number of hydrogen-bond acceptors (Lipinski definition) is 5. The lowest BCUT2D eigenvalue weighted by Crippen LogP contribution is -2.49. The van der Waals surface area contributed by atoms with Gasteiger partial charge in [-0.1, -0.05) is 0 Å². The molecule has 0 aromatic carbocycles. The molecule has 1 unspecified atom stereocenters. The summed E-state index contributed by atoms with van der Waals surface area (Å²) in [5.41, 5.74) is 0. The topological polar surface area (TPSA) is 117 Å². The molecule has 17 heavy (non-hydrogen) atoms. The van der Waals surface area contributed by atoms with Crippen LogP contribution in [0.4, 0.5) is 0 Å². The second kappa shape index (κ2) is 5.39. The molecule has 1 heterocycles. The highest BCUT2D eigenvalue weighted by Crippen LogP contribution is 2.03. The molecule has 8 heteroatoms. The van der Waals surface area contributed by atoms with Crippen LogP contribution in [-0.4, -0.2) is 49.0 Å². The summed E-state index contributed by atoms with van der Waals surface area (Å²) in [7, 11) is 0. The fraction of sp³-hybridized carbons (Fsp3) is 0.556. The molecule has 0 bridgehead atoms. The third-order valence-corrected chi connectivity index (χ3v) is 2.26. The summed E-state index contributed by atoms with van der Waals surface area (Å²) in [5.74, 6) is -1.84. The molecule has 0 saturated carbocycles. The Bertz CT molecular complexity index is 390. The molecule has 0 spiro atoms. The first-order valence-electron chi connectivity index (χ1n) is 4.99. The number of aliphatic hydroxyl groups excluding tert-OH is 1. The minimum absolute atomic E-state index is 0.552. The molecule has 1 amide bonds. The van der Waals surface area contributed by atoms with Crippen LogP contribution in [0.15, 0.2) is 12.7 Å². The Morgan fingerprint density at radius 3 is 2.47 bits per heavy atom. The number of aliphatic hydroxyl groups is 1. The maximum Gasteiger partial charge on any atom is 0.328 e. The fourth-order valence-electron chi connectivity index (χ4n) is 1.20. The Morgan fingerprint density at radius 1 is 1.41 bits per heavy atom. The molecule has 3 atom stereocenters. The summed E-state index contributed by atoms with van der Waals surface area (Å²) in [6, 6.07) is -2.04. The van der Waals surface area contributed by atoms with Crippen LogP contribution < -0.4 is 5.32 Å². The molecule has 1 aromatic rings. The predicted molar refractivity (Wildman–Crippen MR) is 56.0 cm³/mol. The average molecular weight is 242 g/mol. The molecule has 1 aromatic heterocycles. The second-order valence-electron chi connectivity index (χ2n) is 3.62. The zero-order valence-electron chi connectivity index (χ0n) is 9.44. The number of carboxylic acids is 1. The zero-order valence-corrected chi connectivity index (χ0v) is 9.44. The Labute approximate surface area is 97.3 Å². The van der Waals surface area contributed by atoms with Crippen LogP contribution in [0.2, 0.25) is 0 Å². The maximum atomic E-state index is 11.7. The molecule has 0 radical (unpaired) electrons. The summed E-state index contributed by atoms with van der Waals surface area (Å²) < 4.78 is 1.29. The Hall–Kier alpha value is -1.96. The van der Waals surface area contributed by atoms with Crippen molar-refractivity contribution in [3.8, 4) is 0 Å². The van der Waals surface area contributed by atoms with Gasteiger partial charge in [0.05, 0.1) is 6.10 Å². The molecule has 0 fully saturated rings. The quantitative estimate of drug-likeness (QED) is 0.596. The molecule has 0 saturated heterocycles. The second-order valence-corrected chi connectivity index (χ2v) is 3.62. The van der Waals surface area contributed by atoms with Gasteiger partial charge in [-0.05, 0) is 13.8 Å². The minimum Gasteiger partial charge on any atom is -0.480 e. The number of carbonyl (C=O) groups excluding carboxylic acids is 1. The van der Waals surface area contributed by atoms with E-state index in [2.05, 4.69) is 15.4 Å². The maximum absolute atomic E-state index is 11.7. The molecule has 94 valence electrons. The summed E-state index contributed by atoms with van der Waals surface area (Å²) >= 11 is 0. The average Bonchev–Trinajstić information content (AvgIpc) is 2.76. The zero-order chi connectivity index (χ0) is 13.0. The lowest BCUT2D eigenvalue weighted by Gasteiger charge is -2.19.